The van der Waals surface area contributed by atoms with Crippen LogP contribution in [-0.2, 0) is 61.8 Å². The topological polar surface area (TPSA) is 189 Å². The number of epoxide rings is 5. The summed E-state index contributed by atoms with van der Waals surface area (Å²) in [5, 5.41) is 2.94. The molecule has 1 N–H and O–H groups in total. The van der Waals surface area contributed by atoms with E-state index in [0.29, 0.717) is 135 Å². The van der Waals surface area contributed by atoms with E-state index in [1.165, 1.54) is 49.7 Å². The predicted molar refractivity (Wildman–Crippen MR) is 360 cm³/mol. The Kier molecular flexibility index (Phi) is 30.8. The molecule has 15 nitrogen and oxygen atoms in total. The second kappa shape index (κ2) is 37.5. The van der Waals surface area contributed by atoms with Crippen LogP contribution in [0.1, 0.15) is 252 Å². The van der Waals surface area contributed by atoms with Gasteiger partial charge in [0.25, 0.3) is 0 Å². The summed E-state index contributed by atoms with van der Waals surface area (Å²) in [5.74, 6) is 4.02. The van der Waals surface area contributed by atoms with Crippen molar-refractivity contribution in [2.75, 3.05) is 52.8 Å². The third-order valence-electron chi connectivity index (χ3n) is 21.6. The molecule has 2 aromatic carbocycles. The highest BCUT2D eigenvalue weighted by atomic mass is 16.6. The summed E-state index contributed by atoms with van der Waals surface area (Å²) in [6, 6.07) is 18.5. The molecule has 5 aliphatic carbocycles. The first-order valence-corrected chi connectivity index (χ1v) is 36.5. The standard InChI is InChI=1S/C18H24O3.C15H27NO3.C13H22O3.C12H20O3.C10H14.C9H16O2/c1-3-12(2)14-5-7-15(8-6-14)18(19)20-11-13-4-9-16-17(10-13)21-16;1-4-15(2,3)14(17)16-7-8-18-10-11-5-6-12-13(9-11)19-12;1-4-13(2,3)12(14)15-8-9-5-6-10-11(7-9)16-10;1-3-8(2)12(13)14-7-9-4-5-10-11(6-9)15-10;1-3-9(2)10-7-5-4-6-8-10;1-2-10-6-7-3-4-8-9(5-7)11-8/h5-8,12-13,16-17H,3-4,9-11H2,1-2H3;11-13H,4-10H2,1-3H3,(H,16,17);9-11H,4-8H2,1-3H3;8-11H,3-7H2,1-2H3;4-9H,3H2,1-2H3;7-9H,2-6H2,1H3. The minimum absolute atomic E-state index is 0.0403. The number of fused-ring (bicyclic) bond motifs is 5. The summed E-state index contributed by atoms with van der Waals surface area (Å²) in [6.07, 6.45) is 27.5. The van der Waals surface area contributed by atoms with Gasteiger partial charge in [0, 0.05) is 31.8 Å². The molecule has 5 aliphatic heterocycles. The van der Waals surface area contributed by atoms with Gasteiger partial charge in [-0.25, -0.2) is 4.79 Å². The van der Waals surface area contributed by atoms with Crippen molar-refractivity contribution in [2.24, 2.45) is 46.3 Å². The van der Waals surface area contributed by atoms with E-state index in [4.69, 9.17) is 47.4 Å². The number of hydrogen-bond acceptors (Lipinski definition) is 14. The number of benzene rings is 2. The Morgan fingerprint density at radius 1 is 0.457 bits per heavy atom. The monoisotopic (exact) mass is 1290 g/mol. The zero-order valence-corrected chi connectivity index (χ0v) is 59.1. The maximum atomic E-state index is 12.1. The number of hydrogen-bond donors (Lipinski definition) is 1. The summed E-state index contributed by atoms with van der Waals surface area (Å²) < 4.78 is 54.6. The van der Waals surface area contributed by atoms with Crippen molar-refractivity contribution in [3.63, 3.8) is 0 Å². The van der Waals surface area contributed by atoms with Crippen molar-refractivity contribution >= 4 is 23.8 Å². The zero-order chi connectivity index (χ0) is 66.4. The van der Waals surface area contributed by atoms with Gasteiger partial charge in [-0.2, -0.15) is 0 Å². The Morgan fingerprint density at radius 3 is 1.24 bits per heavy atom. The molecule has 5 saturated carbocycles. The fourth-order valence-electron chi connectivity index (χ4n) is 12.9. The van der Waals surface area contributed by atoms with Crippen molar-refractivity contribution in [2.45, 2.75) is 291 Å². The number of esters is 3. The molecule has 15 heteroatoms. The van der Waals surface area contributed by atoms with E-state index in [1.807, 2.05) is 79.7 Å². The van der Waals surface area contributed by atoms with Crippen LogP contribution in [-0.4, -0.2) is 138 Å². The molecule has 0 aromatic heterocycles. The highest BCUT2D eigenvalue weighted by Gasteiger charge is 2.47. The Hall–Kier alpha value is -3.96. The maximum Gasteiger partial charge on any atom is 0.338 e. The highest BCUT2D eigenvalue weighted by Crippen LogP contribution is 2.43. The summed E-state index contributed by atoms with van der Waals surface area (Å²) >= 11 is 0. The van der Waals surface area contributed by atoms with Gasteiger partial charge in [-0.3, -0.25) is 14.4 Å². The number of nitrogens with one attached hydrogen (secondary N) is 1. The molecule has 520 valence electrons. The van der Waals surface area contributed by atoms with Crippen LogP contribution in [0, 0.1) is 46.3 Å². The molecule has 0 spiro atoms. The van der Waals surface area contributed by atoms with Crippen LogP contribution in [0.2, 0.25) is 0 Å². The second-order valence-electron chi connectivity index (χ2n) is 29.7. The summed E-state index contributed by atoms with van der Waals surface area (Å²) in [7, 11) is 0. The average molecular weight is 1290 g/mol. The molecule has 0 bridgehead atoms. The highest BCUT2D eigenvalue weighted by molar-refractivity contribution is 5.89. The lowest BCUT2D eigenvalue weighted by molar-refractivity contribution is -0.155. The van der Waals surface area contributed by atoms with Crippen molar-refractivity contribution in [1.82, 2.24) is 5.32 Å². The molecule has 10 aliphatic rings. The number of amides is 1. The molecule has 0 radical (unpaired) electrons. The van der Waals surface area contributed by atoms with Crippen LogP contribution in [0.3, 0.4) is 0 Å². The van der Waals surface area contributed by atoms with Crippen molar-refractivity contribution in [3.8, 4) is 0 Å². The van der Waals surface area contributed by atoms with Crippen molar-refractivity contribution in [3.05, 3.63) is 71.3 Å². The Balaban J connectivity index is 0.000000159. The fraction of sp³-hybridized carbons (Fsp3) is 0.792. The Labute approximate surface area is 555 Å². The molecule has 1 amide bonds. The fourth-order valence-corrected chi connectivity index (χ4v) is 12.9. The van der Waals surface area contributed by atoms with Crippen LogP contribution in [0.4, 0.5) is 0 Å². The first-order chi connectivity index (χ1) is 44.2. The van der Waals surface area contributed by atoms with Crippen molar-refractivity contribution in [1.29, 1.82) is 0 Å². The van der Waals surface area contributed by atoms with Gasteiger partial charge in [0.15, 0.2) is 0 Å². The molecule has 10 fully saturated rings. The SMILES string of the molecule is CCC(C)(C)C(=O)NCCOCC1CCC2OC2C1.CCC(C)(C)C(=O)OCC1CCC2OC2C1.CCC(C)C(=O)OCC1CCC2OC2C1.CCC(C)c1ccc(C(=O)OCC2CCC3OC3C2)cc1.CCC(C)c1ccccc1.CCOCC1CCC2OC2C1. The molecule has 5 saturated heterocycles. The van der Waals surface area contributed by atoms with E-state index < -0.39 is 0 Å². The van der Waals surface area contributed by atoms with E-state index >= 15 is 0 Å². The quantitative estimate of drug-likeness (QED) is 0.0428. The third kappa shape index (κ3) is 25.6. The zero-order valence-electron chi connectivity index (χ0n) is 59.1. The van der Waals surface area contributed by atoms with Gasteiger partial charge in [0.2, 0.25) is 5.91 Å². The lowest BCUT2D eigenvalue weighted by Gasteiger charge is -2.24. The first-order valence-electron chi connectivity index (χ1n) is 36.5. The summed E-state index contributed by atoms with van der Waals surface area (Å²) in [5.41, 5.74) is 2.76. The van der Waals surface area contributed by atoms with E-state index in [1.54, 1.807) is 0 Å². The van der Waals surface area contributed by atoms with Gasteiger partial charge in [-0.1, -0.05) is 112 Å². The van der Waals surface area contributed by atoms with E-state index in [2.05, 4.69) is 70.3 Å². The van der Waals surface area contributed by atoms with Gasteiger partial charge < -0.3 is 52.7 Å². The predicted octanol–water partition coefficient (Wildman–Crippen LogP) is 15.5. The Bertz CT molecular complexity index is 2490. The molecular formula is C77H123NO14. The third-order valence-corrected chi connectivity index (χ3v) is 21.6. The van der Waals surface area contributed by atoms with E-state index in [-0.39, 0.29) is 40.6 Å². The Morgan fingerprint density at radius 2 is 0.848 bits per heavy atom. The lowest BCUT2D eigenvalue weighted by Crippen LogP contribution is -2.38. The molecule has 18 unspecified atom stereocenters. The molecule has 12 rings (SSSR count). The summed E-state index contributed by atoms with van der Waals surface area (Å²) in [4.78, 5) is 47.1. The van der Waals surface area contributed by atoms with Crippen LogP contribution in [0.15, 0.2) is 54.6 Å². The average Bonchev–Trinajstić information content (AvgIpc) is 1.76. The first kappa shape index (κ1) is 75.4. The number of carbonyl (C=O) groups excluding carboxylic acids is 4. The van der Waals surface area contributed by atoms with Crippen LogP contribution in [0.25, 0.3) is 0 Å². The number of rotatable bonds is 25. The van der Waals surface area contributed by atoms with Crippen LogP contribution in [0.5, 0.6) is 0 Å². The van der Waals surface area contributed by atoms with Gasteiger partial charge in [0.05, 0.1) is 104 Å². The van der Waals surface area contributed by atoms with E-state index in [9.17, 15) is 19.2 Å². The van der Waals surface area contributed by atoms with Crippen molar-refractivity contribution < 1.29 is 66.5 Å². The summed E-state index contributed by atoms with van der Waals surface area (Å²) in [6.45, 7) is 32.2. The minimum Gasteiger partial charge on any atom is -0.465 e. The minimum atomic E-state index is -0.340. The molecule has 92 heavy (non-hydrogen) atoms. The molecule has 5 heterocycles. The number of ether oxygens (including phenoxy) is 10. The van der Waals surface area contributed by atoms with Gasteiger partial charge in [-0.15, -0.1) is 0 Å². The molecular weight excluding hydrogens is 1160 g/mol. The molecule has 2 aromatic rings. The number of carbonyl (C=O) groups is 4. The molecule has 18 atom stereocenters. The smallest absolute Gasteiger partial charge is 0.338 e. The van der Waals surface area contributed by atoms with Gasteiger partial charge in [0.1, 0.15) is 0 Å². The second-order valence-corrected chi connectivity index (χ2v) is 29.7. The van der Waals surface area contributed by atoms with E-state index in [0.717, 1.165) is 116 Å². The van der Waals surface area contributed by atoms with Gasteiger partial charge >= 0.3 is 17.9 Å². The van der Waals surface area contributed by atoms with Crippen LogP contribution >= 0.6 is 0 Å². The van der Waals surface area contributed by atoms with Gasteiger partial charge in [-0.05, 0) is 214 Å². The lowest BCUT2D eigenvalue weighted by atomic mass is 9.89. The van der Waals surface area contributed by atoms with Crippen LogP contribution < -0.4 is 5.32 Å². The normalized spacial score (nSPS) is 30.6. The maximum absolute atomic E-state index is 12.1. The largest absolute Gasteiger partial charge is 0.465 e.